The molecule has 0 radical (unpaired) electrons. The number of rotatable bonds is 4. The highest BCUT2D eigenvalue weighted by Gasteiger charge is 2.04. The largest absolute Gasteiger partial charge is 0.455 e. The van der Waals surface area contributed by atoms with Crippen LogP contribution in [0.15, 0.2) is 48.5 Å². The number of ether oxygens (including phenoxy) is 1. The van der Waals surface area contributed by atoms with E-state index in [2.05, 4.69) is 0 Å². The van der Waals surface area contributed by atoms with Crippen molar-refractivity contribution in [2.24, 2.45) is 0 Å². The van der Waals surface area contributed by atoms with Gasteiger partial charge < -0.3 is 10.5 Å². The topological polar surface area (TPSA) is 69.4 Å². The molecular formula is C13H13NO3S. The summed E-state index contributed by atoms with van der Waals surface area (Å²) in [5.74, 6) is 1.20. The molecule has 2 N–H and O–H groups in total. The second-order valence-corrected chi connectivity index (χ2v) is 4.76. The van der Waals surface area contributed by atoms with Crippen LogP contribution in [0.5, 0.6) is 11.5 Å². The summed E-state index contributed by atoms with van der Waals surface area (Å²) in [4.78, 5) is 0. The Morgan fingerprint density at radius 3 is 2.39 bits per heavy atom. The van der Waals surface area contributed by atoms with E-state index in [0.717, 1.165) is 0 Å². The van der Waals surface area contributed by atoms with E-state index in [1.165, 1.54) is 0 Å². The van der Waals surface area contributed by atoms with Gasteiger partial charge >= 0.3 is 0 Å². The summed E-state index contributed by atoms with van der Waals surface area (Å²) in [5, 5.41) is 0. The molecule has 2 rings (SSSR count). The Labute approximate surface area is 107 Å². The minimum atomic E-state index is -2.44. The normalized spacial score (nSPS) is 10.5. The average Bonchev–Trinajstić information content (AvgIpc) is 2.33. The predicted molar refractivity (Wildman–Crippen MR) is 71.4 cm³/mol. The van der Waals surface area contributed by atoms with Gasteiger partial charge in [-0.05, 0) is 29.8 Å². The summed E-state index contributed by atoms with van der Waals surface area (Å²) in [7, 11) is -2.44. The molecule has 0 fully saturated rings. The average molecular weight is 263 g/mol. The Balaban J connectivity index is 2.20. The number of nitrogens with two attached hydrogens (primary N) is 1. The van der Waals surface area contributed by atoms with Crippen LogP contribution in [0.1, 0.15) is 5.56 Å². The van der Waals surface area contributed by atoms with Gasteiger partial charge in [-0.25, -0.2) is 8.42 Å². The van der Waals surface area contributed by atoms with E-state index in [9.17, 15) is 8.42 Å². The van der Waals surface area contributed by atoms with Gasteiger partial charge in [-0.15, -0.1) is 0 Å². The van der Waals surface area contributed by atoms with Crippen molar-refractivity contribution in [1.82, 2.24) is 0 Å². The highest BCUT2D eigenvalue weighted by atomic mass is 32.2. The highest BCUT2D eigenvalue weighted by molar-refractivity contribution is 7.71. The number of thiol groups is 1. The van der Waals surface area contributed by atoms with E-state index in [1.54, 1.807) is 18.2 Å². The number of hydrogen-bond acceptors (Lipinski definition) is 4. The predicted octanol–water partition coefficient (Wildman–Crippen LogP) is 2.17. The van der Waals surface area contributed by atoms with Gasteiger partial charge in [0.15, 0.2) is 0 Å². The Bertz CT molecular complexity index is 601. The Hall–Kier alpha value is -2.01. The van der Waals surface area contributed by atoms with Crippen molar-refractivity contribution >= 4 is 16.4 Å². The Morgan fingerprint density at radius 1 is 1.06 bits per heavy atom. The molecule has 0 saturated carbocycles. The third-order valence-electron chi connectivity index (χ3n) is 2.36. The molecule has 0 spiro atoms. The molecule has 0 atom stereocenters. The maximum atomic E-state index is 10.6. The SMILES string of the molecule is Nc1cc(C[SH](=O)=O)ccc1Oc1ccccc1. The van der Waals surface area contributed by atoms with E-state index in [4.69, 9.17) is 10.5 Å². The number of benzene rings is 2. The summed E-state index contributed by atoms with van der Waals surface area (Å²) in [6.07, 6.45) is 0. The van der Waals surface area contributed by atoms with Crippen LogP contribution >= 0.6 is 0 Å². The molecule has 94 valence electrons. The molecule has 5 heteroatoms. The van der Waals surface area contributed by atoms with E-state index >= 15 is 0 Å². The first-order valence-corrected chi connectivity index (χ1v) is 6.74. The van der Waals surface area contributed by atoms with Gasteiger partial charge in [0.25, 0.3) is 0 Å². The molecule has 0 unspecified atom stereocenters. The van der Waals surface area contributed by atoms with E-state index in [-0.39, 0.29) is 5.75 Å². The van der Waals surface area contributed by atoms with Gasteiger partial charge in [-0.3, -0.25) is 0 Å². The van der Waals surface area contributed by atoms with Crippen LogP contribution in [0.4, 0.5) is 5.69 Å². The maximum absolute atomic E-state index is 10.6. The lowest BCUT2D eigenvalue weighted by molar-refractivity contribution is 0.485. The van der Waals surface area contributed by atoms with Crippen molar-refractivity contribution in [2.45, 2.75) is 5.75 Å². The van der Waals surface area contributed by atoms with Crippen LogP contribution in [0.3, 0.4) is 0 Å². The highest BCUT2D eigenvalue weighted by Crippen LogP contribution is 2.28. The molecule has 4 nitrogen and oxygen atoms in total. The van der Waals surface area contributed by atoms with E-state index < -0.39 is 10.7 Å². The second-order valence-electron chi connectivity index (χ2n) is 3.78. The zero-order valence-corrected chi connectivity index (χ0v) is 10.5. The summed E-state index contributed by atoms with van der Waals surface area (Å²) < 4.78 is 26.8. The van der Waals surface area contributed by atoms with Crippen molar-refractivity contribution in [3.05, 3.63) is 54.1 Å². The number of hydrogen-bond donors (Lipinski definition) is 2. The zero-order valence-electron chi connectivity index (χ0n) is 9.58. The molecule has 0 aliphatic rings. The zero-order chi connectivity index (χ0) is 13.0. The smallest absolute Gasteiger partial charge is 0.150 e. The third kappa shape index (κ3) is 3.24. The molecule has 0 bridgehead atoms. The fourth-order valence-electron chi connectivity index (χ4n) is 1.55. The van der Waals surface area contributed by atoms with Crippen molar-refractivity contribution in [3.8, 4) is 11.5 Å². The maximum Gasteiger partial charge on any atom is 0.150 e. The van der Waals surface area contributed by atoms with Gasteiger partial charge in [0.1, 0.15) is 22.2 Å². The summed E-state index contributed by atoms with van der Waals surface area (Å²) >= 11 is 0. The van der Waals surface area contributed by atoms with E-state index in [0.29, 0.717) is 22.7 Å². The van der Waals surface area contributed by atoms with Crippen LogP contribution < -0.4 is 10.5 Å². The lowest BCUT2D eigenvalue weighted by Crippen LogP contribution is -1.95. The van der Waals surface area contributed by atoms with Crippen molar-refractivity contribution < 1.29 is 13.2 Å². The first-order valence-electron chi connectivity index (χ1n) is 5.38. The van der Waals surface area contributed by atoms with Crippen molar-refractivity contribution in [2.75, 3.05) is 5.73 Å². The minimum Gasteiger partial charge on any atom is -0.455 e. The number of anilines is 1. The molecule has 0 aliphatic heterocycles. The monoisotopic (exact) mass is 263 g/mol. The van der Waals surface area contributed by atoms with Gasteiger partial charge in [-0.1, -0.05) is 24.3 Å². The minimum absolute atomic E-state index is 0.00878. The molecule has 2 aromatic carbocycles. The molecule has 0 heterocycles. The third-order valence-corrected chi connectivity index (χ3v) is 2.98. The van der Waals surface area contributed by atoms with Gasteiger partial charge in [0.2, 0.25) is 0 Å². The molecule has 0 aliphatic carbocycles. The summed E-state index contributed by atoms with van der Waals surface area (Å²) in [6.45, 7) is 0. The summed E-state index contributed by atoms with van der Waals surface area (Å²) in [5.41, 5.74) is 6.90. The van der Waals surface area contributed by atoms with Crippen LogP contribution in [0.25, 0.3) is 0 Å². The second kappa shape index (κ2) is 5.55. The van der Waals surface area contributed by atoms with E-state index in [1.807, 2.05) is 30.3 Å². The first kappa shape index (κ1) is 12.4. The fourth-order valence-corrected chi connectivity index (χ4v) is 2.05. The van der Waals surface area contributed by atoms with Gasteiger partial charge in [0, 0.05) is 0 Å². The van der Waals surface area contributed by atoms with Crippen molar-refractivity contribution in [3.63, 3.8) is 0 Å². The standard InChI is InChI=1S/C13H13NO3S/c14-12-8-10(9-18(15)16)6-7-13(12)17-11-4-2-1-3-5-11/h1-8,18H,9,14H2. The van der Waals surface area contributed by atoms with Crippen LogP contribution in [0.2, 0.25) is 0 Å². The fraction of sp³-hybridized carbons (Fsp3) is 0.0769. The van der Waals surface area contributed by atoms with Crippen LogP contribution in [-0.4, -0.2) is 8.42 Å². The van der Waals surface area contributed by atoms with Gasteiger partial charge in [-0.2, -0.15) is 0 Å². The first-order chi connectivity index (χ1) is 8.65. The quantitative estimate of drug-likeness (QED) is 0.655. The Kier molecular flexibility index (Phi) is 3.84. The lowest BCUT2D eigenvalue weighted by atomic mass is 10.2. The Morgan fingerprint density at radius 2 is 1.78 bits per heavy atom. The molecular weight excluding hydrogens is 250 g/mol. The lowest BCUT2D eigenvalue weighted by Gasteiger charge is -2.09. The molecule has 0 saturated heterocycles. The van der Waals surface area contributed by atoms with Crippen molar-refractivity contribution in [1.29, 1.82) is 0 Å². The molecule has 2 aromatic rings. The van der Waals surface area contributed by atoms with Gasteiger partial charge in [0.05, 0.1) is 11.4 Å². The summed E-state index contributed by atoms with van der Waals surface area (Å²) in [6, 6.07) is 14.2. The number of nitrogen functional groups attached to an aromatic ring is 1. The van der Waals surface area contributed by atoms with Crippen LogP contribution in [0, 0.1) is 0 Å². The molecule has 0 amide bonds. The number of para-hydroxylation sites is 1. The molecule has 18 heavy (non-hydrogen) atoms. The van der Waals surface area contributed by atoms with Crippen LogP contribution in [-0.2, 0) is 16.5 Å². The molecule has 0 aromatic heterocycles.